The molecule has 1 aromatic rings. The lowest BCUT2D eigenvalue weighted by atomic mass is 9.95. The molecule has 1 aliphatic rings. The van der Waals surface area contributed by atoms with Crippen LogP contribution in [-0.4, -0.2) is 32.9 Å². The maximum Gasteiger partial charge on any atom is 0.320 e. The van der Waals surface area contributed by atoms with Gasteiger partial charge in [0.05, 0.1) is 15.9 Å². The second kappa shape index (κ2) is 6.05. The maximum atomic E-state index is 11.1. The second-order valence-corrected chi connectivity index (χ2v) is 5.84. The van der Waals surface area contributed by atoms with Crippen LogP contribution in [0.4, 0.5) is 0 Å². The minimum absolute atomic E-state index is 0.215. The highest BCUT2D eigenvalue weighted by Gasteiger charge is 2.27. The number of carbonyl (C=O) groups is 1. The summed E-state index contributed by atoms with van der Waals surface area (Å²) in [6.07, 6.45) is 3.52. The molecular weight excluding hydrogens is 310 g/mol. The van der Waals surface area contributed by atoms with Crippen LogP contribution in [0.25, 0.3) is 0 Å². The number of halogens is 1. The van der Waals surface area contributed by atoms with E-state index in [0.29, 0.717) is 0 Å². The number of nitrogens with zero attached hydrogens (tertiary/aromatic N) is 2. The average molecular weight is 330 g/mol. The van der Waals surface area contributed by atoms with Gasteiger partial charge in [-0.25, -0.2) is 0 Å². The fraction of sp³-hybridized carbons (Fsp3) is 0.692. The first kappa shape index (κ1) is 14.5. The number of aryl methyl sites for hydroxylation is 2. The molecule has 6 heteroatoms. The normalized spacial score (nSPS) is 23.5. The van der Waals surface area contributed by atoms with E-state index in [1.807, 2.05) is 11.6 Å². The summed E-state index contributed by atoms with van der Waals surface area (Å²) in [6.45, 7) is 4.88. The van der Waals surface area contributed by atoms with E-state index in [1.165, 1.54) is 0 Å². The van der Waals surface area contributed by atoms with Gasteiger partial charge in [0.25, 0.3) is 0 Å². The average Bonchev–Trinajstić information content (AvgIpc) is 2.67. The summed E-state index contributed by atoms with van der Waals surface area (Å²) >= 11 is 3.59. The lowest BCUT2D eigenvalue weighted by molar-refractivity contribution is -0.140. The number of aliphatic carboxylic acids is 1. The van der Waals surface area contributed by atoms with Gasteiger partial charge in [-0.3, -0.25) is 9.48 Å². The zero-order chi connectivity index (χ0) is 14.0. The minimum atomic E-state index is -0.746. The molecule has 106 valence electrons. The van der Waals surface area contributed by atoms with Crippen molar-refractivity contribution in [2.75, 3.05) is 0 Å². The van der Waals surface area contributed by atoms with Crippen molar-refractivity contribution in [3.05, 3.63) is 15.9 Å². The van der Waals surface area contributed by atoms with E-state index in [1.54, 1.807) is 0 Å². The van der Waals surface area contributed by atoms with Gasteiger partial charge in [0.1, 0.15) is 6.04 Å². The fourth-order valence-electron chi connectivity index (χ4n) is 2.67. The third kappa shape index (κ3) is 3.17. The Labute approximate surface area is 121 Å². The van der Waals surface area contributed by atoms with Gasteiger partial charge < -0.3 is 10.4 Å². The highest BCUT2D eigenvalue weighted by atomic mass is 79.9. The zero-order valence-corrected chi connectivity index (χ0v) is 12.9. The van der Waals surface area contributed by atoms with E-state index in [9.17, 15) is 4.79 Å². The van der Waals surface area contributed by atoms with Crippen molar-refractivity contribution in [1.82, 2.24) is 15.1 Å². The number of carboxylic acids is 1. The van der Waals surface area contributed by atoms with Gasteiger partial charge in [0.2, 0.25) is 0 Å². The first-order chi connectivity index (χ1) is 9.02. The van der Waals surface area contributed by atoms with Gasteiger partial charge in [-0.15, -0.1) is 0 Å². The van der Waals surface area contributed by atoms with Crippen molar-refractivity contribution in [3.8, 4) is 0 Å². The van der Waals surface area contributed by atoms with Crippen LogP contribution in [-0.2, 0) is 17.8 Å². The van der Waals surface area contributed by atoms with Gasteiger partial charge >= 0.3 is 5.97 Å². The third-order valence-corrected chi connectivity index (χ3v) is 4.70. The van der Waals surface area contributed by atoms with Crippen LogP contribution in [0.5, 0.6) is 0 Å². The lowest BCUT2D eigenvalue weighted by Crippen LogP contribution is -2.47. The molecule has 1 aromatic heterocycles. The molecular formula is C13H20BrN3O2. The van der Waals surface area contributed by atoms with Crippen LogP contribution in [0.15, 0.2) is 4.47 Å². The summed E-state index contributed by atoms with van der Waals surface area (Å²) < 4.78 is 3.04. The lowest BCUT2D eigenvalue weighted by Gasteiger charge is -2.28. The van der Waals surface area contributed by atoms with Crippen molar-refractivity contribution in [2.45, 2.75) is 58.2 Å². The Hall–Kier alpha value is -0.880. The molecule has 2 N–H and O–H groups in total. The van der Waals surface area contributed by atoms with E-state index < -0.39 is 12.0 Å². The van der Waals surface area contributed by atoms with E-state index in [2.05, 4.69) is 33.3 Å². The van der Waals surface area contributed by atoms with Gasteiger partial charge in [0.15, 0.2) is 0 Å². The molecule has 2 atom stereocenters. The van der Waals surface area contributed by atoms with Crippen LogP contribution in [0.3, 0.4) is 0 Å². The van der Waals surface area contributed by atoms with E-state index in [4.69, 9.17) is 5.11 Å². The Morgan fingerprint density at radius 3 is 2.95 bits per heavy atom. The quantitative estimate of drug-likeness (QED) is 0.887. The SMILES string of the molecule is CCn1nc(C)c(Br)c1CC1CCCC(C(=O)O)N1. The molecule has 0 aromatic carbocycles. The molecule has 0 bridgehead atoms. The Kier molecular flexibility index (Phi) is 4.62. The monoisotopic (exact) mass is 329 g/mol. The Bertz CT molecular complexity index is 473. The van der Waals surface area contributed by atoms with Gasteiger partial charge in [-0.2, -0.15) is 5.10 Å². The Morgan fingerprint density at radius 2 is 2.32 bits per heavy atom. The number of aromatic nitrogens is 2. The molecule has 0 aliphatic carbocycles. The van der Waals surface area contributed by atoms with Crippen LogP contribution >= 0.6 is 15.9 Å². The van der Waals surface area contributed by atoms with Crippen molar-refractivity contribution in [3.63, 3.8) is 0 Å². The third-order valence-electron chi connectivity index (χ3n) is 3.67. The highest BCUT2D eigenvalue weighted by molar-refractivity contribution is 9.10. The Balaban J connectivity index is 2.10. The molecule has 2 unspecified atom stereocenters. The van der Waals surface area contributed by atoms with Gasteiger partial charge in [-0.1, -0.05) is 0 Å². The number of carboxylic acid groups (broad SMARTS) is 1. The molecule has 5 nitrogen and oxygen atoms in total. The number of hydrogen-bond acceptors (Lipinski definition) is 3. The van der Waals surface area contributed by atoms with Crippen LogP contribution < -0.4 is 5.32 Å². The molecule has 19 heavy (non-hydrogen) atoms. The topological polar surface area (TPSA) is 67.2 Å². The fourth-order valence-corrected chi connectivity index (χ4v) is 3.12. The largest absolute Gasteiger partial charge is 0.480 e. The van der Waals surface area contributed by atoms with Crippen molar-refractivity contribution in [1.29, 1.82) is 0 Å². The number of hydrogen-bond donors (Lipinski definition) is 2. The van der Waals surface area contributed by atoms with Crippen LogP contribution in [0.1, 0.15) is 37.6 Å². The maximum absolute atomic E-state index is 11.1. The molecule has 2 rings (SSSR count). The predicted molar refractivity (Wildman–Crippen MR) is 76.2 cm³/mol. The Morgan fingerprint density at radius 1 is 1.58 bits per heavy atom. The molecule has 1 fully saturated rings. The van der Waals surface area contributed by atoms with Crippen molar-refractivity contribution >= 4 is 21.9 Å². The van der Waals surface area contributed by atoms with E-state index >= 15 is 0 Å². The minimum Gasteiger partial charge on any atom is -0.480 e. The van der Waals surface area contributed by atoms with Gasteiger partial charge in [0, 0.05) is 19.0 Å². The first-order valence-corrected chi connectivity index (χ1v) is 7.52. The van der Waals surface area contributed by atoms with Crippen LogP contribution in [0, 0.1) is 6.92 Å². The summed E-state index contributed by atoms with van der Waals surface area (Å²) in [5.41, 5.74) is 2.14. The molecule has 1 saturated heterocycles. The van der Waals surface area contributed by atoms with Gasteiger partial charge in [-0.05, 0) is 49.0 Å². The zero-order valence-electron chi connectivity index (χ0n) is 11.3. The molecule has 0 spiro atoms. The smallest absolute Gasteiger partial charge is 0.320 e. The summed E-state index contributed by atoms with van der Waals surface area (Å²) in [6, 6.07) is -0.191. The van der Waals surface area contributed by atoms with Crippen LogP contribution in [0.2, 0.25) is 0 Å². The molecule has 1 aliphatic heterocycles. The molecule has 2 heterocycles. The number of nitrogens with one attached hydrogen (secondary N) is 1. The van der Waals surface area contributed by atoms with Crippen molar-refractivity contribution < 1.29 is 9.90 Å². The summed E-state index contributed by atoms with van der Waals surface area (Å²) in [5, 5.41) is 16.8. The standard InChI is InChI=1S/C13H20BrN3O2/c1-3-17-11(12(14)8(2)16-17)7-9-5-4-6-10(15-9)13(18)19/h9-10,15H,3-7H2,1-2H3,(H,18,19). The second-order valence-electron chi connectivity index (χ2n) is 5.05. The number of rotatable bonds is 4. The molecule has 0 saturated carbocycles. The van der Waals surface area contributed by atoms with E-state index in [0.717, 1.165) is 48.1 Å². The highest BCUT2D eigenvalue weighted by Crippen LogP contribution is 2.25. The molecule has 0 radical (unpaired) electrons. The summed E-state index contributed by atoms with van der Waals surface area (Å²) in [7, 11) is 0. The first-order valence-electron chi connectivity index (χ1n) is 6.73. The van der Waals surface area contributed by atoms with Crippen molar-refractivity contribution in [2.24, 2.45) is 0 Å². The summed E-state index contributed by atoms with van der Waals surface area (Å²) in [4.78, 5) is 11.1. The summed E-state index contributed by atoms with van der Waals surface area (Å²) in [5.74, 6) is -0.746. The molecule has 0 amide bonds. The van der Waals surface area contributed by atoms with E-state index in [-0.39, 0.29) is 6.04 Å². The predicted octanol–water partition coefficient (Wildman–Crippen LogP) is 2.11. The number of piperidine rings is 1.